The number of allylic oxidation sites excluding steroid dienone is 1. The van der Waals surface area contributed by atoms with Gasteiger partial charge in [-0.1, -0.05) is 18.6 Å². The Kier molecular flexibility index (Phi) is 10.4. The van der Waals surface area contributed by atoms with Gasteiger partial charge in [-0.2, -0.15) is 9.97 Å². The van der Waals surface area contributed by atoms with Crippen LogP contribution in [0.2, 0.25) is 0 Å². The predicted molar refractivity (Wildman–Crippen MR) is 205 cm³/mol. The van der Waals surface area contributed by atoms with Crippen LogP contribution in [0.15, 0.2) is 36.9 Å². The van der Waals surface area contributed by atoms with E-state index in [1.807, 2.05) is 22.9 Å². The average molecular weight is 742 g/mol. The number of carbonyl (C=O) groups excluding carboxylic acids is 1. The molecule has 3 aliphatic heterocycles. The number of amides is 1. The molecule has 0 spiro atoms. The smallest absolute Gasteiger partial charge is 0.318 e. The molecule has 2 N–H and O–H groups in total. The molecule has 3 saturated heterocycles. The fourth-order valence-electron chi connectivity index (χ4n) is 9.11. The molecular formula is C42H49F2N5O5. The summed E-state index contributed by atoms with van der Waals surface area (Å²) >= 11 is 0. The van der Waals surface area contributed by atoms with Gasteiger partial charge >= 0.3 is 6.01 Å². The first-order chi connectivity index (χ1) is 25.8. The van der Waals surface area contributed by atoms with Gasteiger partial charge in [0.05, 0.1) is 22.4 Å². The number of alkyl halides is 1. The number of phenols is 1. The molecule has 12 heteroatoms. The third-order valence-electron chi connectivity index (χ3n) is 11.9. The molecule has 10 nitrogen and oxygen atoms in total. The summed E-state index contributed by atoms with van der Waals surface area (Å²) in [7, 11) is 1.93. The molecule has 4 aliphatic rings. The number of ether oxygens (including phenoxy) is 2. The van der Waals surface area contributed by atoms with Crippen molar-refractivity contribution >= 4 is 34.1 Å². The first-order valence-corrected chi connectivity index (χ1v) is 18.8. The summed E-state index contributed by atoms with van der Waals surface area (Å²) in [6, 6.07) is 6.10. The van der Waals surface area contributed by atoms with E-state index >= 15 is 8.78 Å². The SMILES string of the molecule is C#Cc1c(F)ccc2cc(O)cc(C3=Cc4nc(OC[C@]5(C(C)(C)O)C[C@@H](F)CN5C5CCOCC5)nc(N(C)C[C@@H]5CCCN5C(=O)C=C)c4CC3)c12. The normalized spacial score (nSPS) is 23.6. The maximum atomic E-state index is 15.4. The Balaban J connectivity index is 1.30. The van der Waals surface area contributed by atoms with Crippen LogP contribution in [-0.2, 0) is 16.0 Å². The topological polar surface area (TPSA) is 111 Å². The van der Waals surface area contributed by atoms with Crippen LogP contribution in [0.5, 0.6) is 11.8 Å². The van der Waals surface area contributed by atoms with Crippen molar-refractivity contribution in [2.75, 3.05) is 51.4 Å². The summed E-state index contributed by atoms with van der Waals surface area (Å²) < 4.78 is 42.6. The zero-order chi connectivity index (χ0) is 38.4. The number of likely N-dealkylation sites (tertiary alicyclic amines) is 2. The van der Waals surface area contributed by atoms with Gasteiger partial charge in [0, 0.05) is 69.3 Å². The average Bonchev–Trinajstić information content (AvgIpc) is 3.77. The van der Waals surface area contributed by atoms with Gasteiger partial charge in [-0.3, -0.25) is 9.69 Å². The molecule has 1 aliphatic carbocycles. The van der Waals surface area contributed by atoms with Crippen molar-refractivity contribution < 1.29 is 33.3 Å². The Morgan fingerprint density at radius 3 is 2.74 bits per heavy atom. The molecule has 3 aromatic rings. The number of aliphatic hydroxyl groups is 1. The van der Waals surface area contributed by atoms with Crippen molar-refractivity contribution in [1.29, 1.82) is 0 Å². The number of aromatic hydroxyl groups is 1. The van der Waals surface area contributed by atoms with E-state index in [4.69, 9.17) is 25.9 Å². The molecule has 0 saturated carbocycles. The van der Waals surface area contributed by atoms with Gasteiger partial charge < -0.3 is 29.5 Å². The highest BCUT2D eigenvalue weighted by Crippen LogP contribution is 2.44. The molecule has 4 heterocycles. The number of terminal acetylenes is 1. The van der Waals surface area contributed by atoms with Crippen molar-refractivity contribution in [1.82, 2.24) is 19.8 Å². The van der Waals surface area contributed by atoms with Gasteiger partial charge in [0.25, 0.3) is 0 Å². The van der Waals surface area contributed by atoms with Crippen LogP contribution in [-0.4, -0.2) is 112 Å². The fraction of sp³-hybridized carbons (Fsp3) is 0.500. The summed E-state index contributed by atoms with van der Waals surface area (Å²) in [5, 5.41) is 23.6. The van der Waals surface area contributed by atoms with E-state index in [-0.39, 0.29) is 54.9 Å². The number of likely N-dealkylation sites (N-methyl/N-ethyl adjacent to an activating group) is 1. The van der Waals surface area contributed by atoms with E-state index in [0.717, 1.165) is 36.8 Å². The van der Waals surface area contributed by atoms with Crippen LogP contribution in [0, 0.1) is 18.2 Å². The number of benzene rings is 2. The highest BCUT2D eigenvalue weighted by Gasteiger charge is 2.57. The second-order valence-electron chi connectivity index (χ2n) is 15.6. The molecule has 0 bridgehead atoms. The predicted octanol–water partition coefficient (Wildman–Crippen LogP) is 5.67. The molecule has 1 aromatic heterocycles. The monoisotopic (exact) mass is 741 g/mol. The number of phenolic OH excluding ortho intramolecular Hbond substituents is 1. The van der Waals surface area contributed by atoms with Crippen molar-refractivity contribution in [2.45, 2.75) is 88.2 Å². The number of anilines is 1. The summed E-state index contributed by atoms with van der Waals surface area (Å²) in [5.41, 5.74) is 0.575. The molecule has 1 amide bonds. The molecule has 0 unspecified atom stereocenters. The standard InChI is InChI=1S/C42H49F2N5O5/c1-6-32-35(44)13-11-27-19-31(50)21-34(38(27)32)26-10-12-33-36(20-26)45-40(46-39(33)47(5)24-30-9-8-16-48(30)37(51)7-2)54-25-42(41(3,4)52)22-28(43)23-49(42)29-14-17-53-18-15-29/h1,7,11,13,19-21,28-30,50,52H,2,8-10,12,14-18,22-25H2,3-5H3/t28-,30+,42+/m1/s1. The van der Waals surface area contributed by atoms with Crippen molar-refractivity contribution in [3.05, 3.63) is 65.1 Å². The van der Waals surface area contributed by atoms with Crippen LogP contribution in [0.4, 0.5) is 14.6 Å². The van der Waals surface area contributed by atoms with Crippen molar-refractivity contribution in [3.8, 4) is 24.1 Å². The Labute approximate surface area is 315 Å². The number of nitrogens with zero attached hydrogens (tertiary/aromatic N) is 5. The second-order valence-corrected chi connectivity index (χ2v) is 15.6. The lowest BCUT2D eigenvalue weighted by Gasteiger charge is -2.49. The Morgan fingerprint density at radius 2 is 2.02 bits per heavy atom. The Hall–Kier alpha value is -4.57. The van der Waals surface area contributed by atoms with Crippen LogP contribution < -0.4 is 9.64 Å². The zero-order valence-corrected chi connectivity index (χ0v) is 31.3. The minimum atomic E-state index is -1.34. The van der Waals surface area contributed by atoms with Crippen molar-refractivity contribution in [2.24, 2.45) is 0 Å². The molecular weight excluding hydrogens is 692 g/mol. The Bertz CT molecular complexity index is 2020. The Morgan fingerprint density at radius 1 is 1.24 bits per heavy atom. The molecule has 2 aromatic carbocycles. The lowest BCUT2D eigenvalue weighted by atomic mass is 9.79. The number of carbonyl (C=O) groups is 1. The van der Waals surface area contributed by atoms with Crippen LogP contribution >= 0.6 is 0 Å². The molecule has 54 heavy (non-hydrogen) atoms. The molecule has 0 radical (unpaired) electrons. The minimum Gasteiger partial charge on any atom is -0.508 e. The van der Waals surface area contributed by atoms with Crippen LogP contribution in [0.25, 0.3) is 22.4 Å². The summed E-state index contributed by atoms with van der Waals surface area (Å²) in [4.78, 5) is 28.5. The van der Waals surface area contributed by atoms with Crippen molar-refractivity contribution in [3.63, 3.8) is 0 Å². The highest BCUT2D eigenvalue weighted by molar-refractivity contribution is 6.02. The number of fused-ring (bicyclic) bond motifs is 2. The number of hydrogen-bond donors (Lipinski definition) is 2. The van der Waals surface area contributed by atoms with Gasteiger partial charge in [0.1, 0.15) is 30.2 Å². The minimum absolute atomic E-state index is 0.0219. The quantitative estimate of drug-likeness (QED) is 0.201. The largest absolute Gasteiger partial charge is 0.508 e. The van der Waals surface area contributed by atoms with Gasteiger partial charge in [0.15, 0.2) is 0 Å². The van der Waals surface area contributed by atoms with Gasteiger partial charge in [0.2, 0.25) is 5.91 Å². The third kappa shape index (κ3) is 6.93. The molecule has 3 atom stereocenters. The lowest BCUT2D eigenvalue weighted by molar-refractivity contribution is -0.126. The third-order valence-corrected chi connectivity index (χ3v) is 11.9. The van der Waals surface area contributed by atoms with Gasteiger partial charge in [-0.25, -0.2) is 8.78 Å². The van der Waals surface area contributed by atoms with E-state index in [9.17, 15) is 15.0 Å². The number of hydrogen-bond acceptors (Lipinski definition) is 9. The number of aromatic nitrogens is 2. The van der Waals surface area contributed by atoms with Gasteiger partial charge in [-0.15, -0.1) is 6.42 Å². The lowest BCUT2D eigenvalue weighted by Crippen LogP contribution is -2.65. The molecule has 7 rings (SSSR count). The van der Waals surface area contributed by atoms with E-state index in [2.05, 4.69) is 17.4 Å². The first kappa shape index (κ1) is 37.7. The summed E-state index contributed by atoms with van der Waals surface area (Å²) in [6.45, 7) is 9.52. The first-order valence-electron chi connectivity index (χ1n) is 18.8. The maximum absolute atomic E-state index is 15.4. The fourth-order valence-corrected chi connectivity index (χ4v) is 9.11. The van der Waals surface area contributed by atoms with E-state index in [1.54, 1.807) is 32.0 Å². The van der Waals surface area contributed by atoms with Crippen LogP contribution in [0.3, 0.4) is 0 Å². The number of rotatable bonds is 10. The maximum Gasteiger partial charge on any atom is 0.318 e. The molecule has 286 valence electrons. The summed E-state index contributed by atoms with van der Waals surface area (Å²) in [5.74, 6) is 2.52. The van der Waals surface area contributed by atoms with E-state index in [0.29, 0.717) is 67.0 Å². The zero-order valence-electron chi connectivity index (χ0n) is 31.3. The van der Waals surface area contributed by atoms with Crippen LogP contribution in [0.1, 0.15) is 74.8 Å². The summed E-state index contributed by atoms with van der Waals surface area (Å²) in [6.07, 6.45) is 12.2. The second kappa shape index (κ2) is 14.9. The van der Waals surface area contributed by atoms with E-state index in [1.165, 1.54) is 12.1 Å². The van der Waals surface area contributed by atoms with E-state index < -0.39 is 23.1 Å². The number of halogens is 2. The highest BCUT2D eigenvalue weighted by atomic mass is 19.1. The van der Waals surface area contributed by atoms with Gasteiger partial charge in [-0.05, 0) is 99.2 Å². The molecule has 3 fully saturated rings.